The number of aromatic nitrogens is 3. The summed E-state index contributed by atoms with van der Waals surface area (Å²) in [4.78, 5) is 4.43. The minimum absolute atomic E-state index is 0.0841. The summed E-state index contributed by atoms with van der Waals surface area (Å²) in [7, 11) is 0. The zero-order chi connectivity index (χ0) is 14.0. The van der Waals surface area contributed by atoms with E-state index in [1.807, 2.05) is 6.20 Å². The molecule has 2 rings (SSSR count). The van der Waals surface area contributed by atoms with Crippen LogP contribution in [0.3, 0.4) is 0 Å². The molecule has 0 radical (unpaired) electrons. The minimum atomic E-state index is 0.0841. The summed E-state index contributed by atoms with van der Waals surface area (Å²) in [5, 5.41) is 7.50. The van der Waals surface area contributed by atoms with Gasteiger partial charge in [0.1, 0.15) is 5.69 Å². The van der Waals surface area contributed by atoms with Crippen LogP contribution in [0.5, 0.6) is 0 Å². The fraction of sp³-hybridized carbons (Fsp3) is 0.500. The van der Waals surface area contributed by atoms with Gasteiger partial charge in [0, 0.05) is 17.3 Å². The second kappa shape index (κ2) is 5.16. The lowest BCUT2D eigenvalue weighted by atomic mass is 9.92. The van der Waals surface area contributed by atoms with Crippen LogP contribution in [0.15, 0.2) is 24.4 Å². The van der Waals surface area contributed by atoms with Gasteiger partial charge in [-0.2, -0.15) is 5.10 Å². The molecule has 19 heavy (non-hydrogen) atoms. The Bertz CT molecular complexity index is 547. The van der Waals surface area contributed by atoms with Crippen molar-refractivity contribution in [3.05, 3.63) is 35.7 Å². The Balaban J connectivity index is 2.29. The van der Waals surface area contributed by atoms with Crippen LogP contribution in [0.2, 0.25) is 0 Å². The predicted octanol–water partition coefficient (Wildman–Crippen LogP) is 3.97. The van der Waals surface area contributed by atoms with Crippen LogP contribution in [0, 0.1) is 5.92 Å². The second-order valence-electron chi connectivity index (χ2n) is 6.56. The Kier molecular flexibility index (Phi) is 3.74. The van der Waals surface area contributed by atoms with Crippen molar-refractivity contribution in [1.29, 1.82) is 0 Å². The predicted molar refractivity (Wildman–Crippen MR) is 79.1 cm³/mol. The van der Waals surface area contributed by atoms with Gasteiger partial charge < -0.3 is 0 Å². The quantitative estimate of drug-likeness (QED) is 0.904. The van der Waals surface area contributed by atoms with Crippen LogP contribution in [0.1, 0.15) is 45.9 Å². The Morgan fingerprint density at radius 3 is 2.47 bits per heavy atom. The molecule has 0 aliphatic heterocycles. The van der Waals surface area contributed by atoms with E-state index in [1.165, 1.54) is 5.56 Å². The summed E-state index contributed by atoms with van der Waals surface area (Å²) < 4.78 is 0. The third kappa shape index (κ3) is 3.43. The number of pyridine rings is 1. The minimum Gasteiger partial charge on any atom is -0.281 e. The van der Waals surface area contributed by atoms with Crippen molar-refractivity contribution >= 4 is 0 Å². The second-order valence-corrected chi connectivity index (χ2v) is 6.56. The van der Waals surface area contributed by atoms with E-state index in [4.69, 9.17) is 0 Å². The molecule has 102 valence electrons. The Morgan fingerprint density at radius 2 is 1.89 bits per heavy atom. The number of nitrogens with one attached hydrogen (secondary N) is 1. The largest absolute Gasteiger partial charge is 0.281 e. The first-order valence-corrected chi connectivity index (χ1v) is 6.87. The molecule has 0 saturated heterocycles. The number of rotatable bonds is 3. The first-order valence-electron chi connectivity index (χ1n) is 6.87. The van der Waals surface area contributed by atoms with Gasteiger partial charge in [-0.1, -0.05) is 34.6 Å². The molecular formula is C16H23N3. The highest BCUT2D eigenvalue weighted by atomic mass is 15.1. The summed E-state index contributed by atoms with van der Waals surface area (Å²) in [6, 6.07) is 6.32. The van der Waals surface area contributed by atoms with Gasteiger partial charge in [0.25, 0.3) is 0 Å². The van der Waals surface area contributed by atoms with Crippen molar-refractivity contribution in [3.63, 3.8) is 0 Å². The van der Waals surface area contributed by atoms with E-state index in [0.29, 0.717) is 5.92 Å². The van der Waals surface area contributed by atoms with E-state index >= 15 is 0 Å². The Morgan fingerprint density at radius 1 is 1.16 bits per heavy atom. The van der Waals surface area contributed by atoms with Gasteiger partial charge in [-0.05, 0) is 36.1 Å². The van der Waals surface area contributed by atoms with Gasteiger partial charge in [-0.25, -0.2) is 0 Å². The molecule has 0 amide bonds. The molecule has 0 atom stereocenters. The van der Waals surface area contributed by atoms with Gasteiger partial charge >= 0.3 is 0 Å². The van der Waals surface area contributed by atoms with Crippen LogP contribution in [-0.4, -0.2) is 15.2 Å². The van der Waals surface area contributed by atoms with Crippen LogP contribution in [-0.2, 0) is 11.8 Å². The van der Waals surface area contributed by atoms with Gasteiger partial charge in [0.15, 0.2) is 0 Å². The molecular weight excluding hydrogens is 234 g/mol. The van der Waals surface area contributed by atoms with Crippen molar-refractivity contribution in [2.45, 2.75) is 46.5 Å². The first-order chi connectivity index (χ1) is 8.86. The fourth-order valence-electron chi connectivity index (χ4n) is 2.05. The average molecular weight is 257 g/mol. The van der Waals surface area contributed by atoms with Crippen molar-refractivity contribution in [3.8, 4) is 11.4 Å². The molecule has 0 spiro atoms. The molecule has 0 aliphatic carbocycles. The zero-order valence-corrected chi connectivity index (χ0v) is 12.5. The molecule has 1 N–H and O–H groups in total. The van der Waals surface area contributed by atoms with Gasteiger partial charge in [-0.3, -0.25) is 10.1 Å². The molecule has 2 aromatic heterocycles. The lowest BCUT2D eigenvalue weighted by Crippen LogP contribution is -2.11. The van der Waals surface area contributed by atoms with Crippen molar-refractivity contribution in [1.82, 2.24) is 15.2 Å². The molecule has 3 heteroatoms. The molecule has 0 aromatic carbocycles. The van der Waals surface area contributed by atoms with Crippen LogP contribution < -0.4 is 0 Å². The summed E-state index contributed by atoms with van der Waals surface area (Å²) in [5.74, 6) is 0.652. The van der Waals surface area contributed by atoms with E-state index in [-0.39, 0.29) is 5.41 Å². The maximum atomic E-state index is 4.43. The van der Waals surface area contributed by atoms with E-state index in [2.05, 4.69) is 68.0 Å². The summed E-state index contributed by atoms with van der Waals surface area (Å²) in [6.45, 7) is 11.0. The third-order valence-corrected chi connectivity index (χ3v) is 3.12. The van der Waals surface area contributed by atoms with Crippen molar-refractivity contribution in [2.75, 3.05) is 0 Å². The molecule has 0 aliphatic rings. The van der Waals surface area contributed by atoms with Gasteiger partial charge in [0.05, 0.1) is 5.69 Å². The Hall–Kier alpha value is -1.64. The highest BCUT2D eigenvalue weighted by Crippen LogP contribution is 2.24. The van der Waals surface area contributed by atoms with E-state index < -0.39 is 0 Å². The van der Waals surface area contributed by atoms with Crippen LogP contribution in [0.25, 0.3) is 11.4 Å². The monoisotopic (exact) mass is 257 g/mol. The zero-order valence-electron chi connectivity index (χ0n) is 12.5. The standard InChI is InChI=1S/C16H23N3/c1-11(2)8-12-6-7-17-13(9-12)14-10-15(19-18-14)16(3,4)5/h6-7,9-11H,8H2,1-5H3,(H,18,19). The van der Waals surface area contributed by atoms with Crippen LogP contribution in [0.4, 0.5) is 0 Å². The Labute approximate surface area is 115 Å². The van der Waals surface area contributed by atoms with E-state index in [1.54, 1.807) is 0 Å². The lowest BCUT2D eigenvalue weighted by molar-refractivity contribution is 0.567. The van der Waals surface area contributed by atoms with Gasteiger partial charge in [-0.15, -0.1) is 0 Å². The lowest BCUT2D eigenvalue weighted by Gasteiger charge is -2.14. The summed E-state index contributed by atoms with van der Waals surface area (Å²) >= 11 is 0. The number of aromatic amines is 1. The smallest absolute Gasteiger partial charge is 0.111 e. The number of hydrogen-bond donors (Lipinski definition) is 1. The van der Waals surface area contributed by atoms with E-state index in [9.17, 15) is 0 Å². The van der Waals surface area contributed by atoms with Crippen molar-refractivity contribution in [2.24, 2.45) is 5.92 Å². The molecule has 0 bridgehead atoms. The van der Waals surface area contributed by atoms with Crippen molar-refractivity contribution < 1.29 is 0 Å². The average Bonchev–Trinajstić information content (AvgIpc) is 2.77. The fourth-order valence-corrected chi connectivity index (χ4v) is 2.05. The highest BCUT2D eigenvalue weighted by molar-refractivity contribution is 5.55. The molecule has 0 fully saturated rings. The molecule has 2 heterocycles. The maximum Gasteiger partial charge on any atom is 0.111 e. The number of nitrogens with zero attached hydrogens (tertiary/aromatic N) is 2. The van der Waals surface area contributed by atoms with Crippen LogP contribution >= 0.6 is 0 Å². The molecule has 2 aromatic rings. The molecule has 0 unspecified atom stereocenters. The molecule has 0 saturated carbocycles. The number of H-pyrrole nitrogens is 1. The van der Waals surface area contributed by atoms with E-state index in [0.717, 1.165) is 23.5 Å². The summed E-state index contributed by atoms with van der Waals surface area (Å²) in [5.41, 5.74) is 4.42. The maximum absolute atomic E-state index is 4.43. The van der Waals surface area contributed by atoms with Gasteiger partial charge in [0.2, 0.25) is 0 Å². The topological polar surface area (TPSA) is 41.6 Å². The normalized spacial score (nSPS) is 12.1. The molecule has 3 nitrogen and oxygen atoms in total. The third-order valence-electron chi connectivity index (χ3n) is 3.12. The first kappa shape index (κ1) is 13.8. The highest BCUT2D eigenvalue weighted by Gasteiger charge is 2.17. The SMILES string of the molecule is CC(C)Cc1ccnc(-c2cc(C(C)(C)C)[nH]n2)c1. The number of hydrogen-bond acceptors (Lipinski definition) is 2. The summed E-state index contributed by atoms with van der Waals surface area (Å²) in [6.07, 6.45) is 2.95.